The average molecular weight is 325 g/mol. The highest BCUT2D eigenvalue weighted by Crippen LogP contribution is 2.37. The highest BCUT2D eigenvalue weighted by Gasteiger charge is 2.33. The predicted octanol–water partition coefficient (Wildman–Crippen LogP) is 4.64. The second-order valence-corrected chi connectivity index (χ2v) is 4.18. The molecule has 0 fully saturated rings. The summed E-state index contributed by atoms with van der Waals surface area (Å²) in [5.74, 6) is -8.80. The topological polar surface area (TPSA) is 35.2 Å². The van der Waals surface area contributed by atoms with E-state index in [0.717, 1.165) is 0 Å². The zero-order valence-electron chi connectivity index (χ0n) is 10.4. The lowest BCUT2D eigenvalue weighted by Gasteiger charge is -2.12. The van der Waals surface area contributed by atoms with Crippen LogP contribution in [-0.2, 0) is 6.18 Å². The van der Waals surface area contributed by atoms with Crippen LogP contribution in [0.4, 0.5) is 36.4 Å². The number of benzene rings is 2. The van der Waals surface area contributed by atoms with Crippen molar-refractivity contribution in [1.29, 1.82) is 0 Å². The minimum atomic E-state index is -4.99. The molecule has 0 atom stereocenters. The summed E-state index contributed by atoms with van der Waals surface area (Å²) in [5.41, 5.74) is 3.23. The second-order valence-electron chi connectivity index (χ2n) is 4.18. The van der Waals surface area contributed by atoms with Crippen LogP contribution in [0.2, 0.25) is 0 Å². The van der Waals surface area contributed by atoms with Crippen molar-refractivity contribution in [2.45, 2.75) is 6.18 Å². The molecule has 118 valence electrons. The molecule has 0 amide bonds. The van der Waals surface area contributed by atoms with Crippen molar-refractivity contribution in [3.8, 4) is 11.5 Å². The molecule has 2 aromatic rings. The van der Waals surface area contributed by atoms with Crippen LogP contribution < -0.4 is 10.5 Å². The number of nitrogens with two attached hydrogens (primary N) is 1. The van der Waals surface area contributed by atoms with E-state index in [-0.39, 0.29) is 17.8 Å². The van der Waals surface area contributed by atoms with Gasteiger partial charge < -0.3 is 10.5 Å². The number of nitrogen functional groups attached to an aromatic ring is 1. The zero-order chi connectivity index (χ0) is 16.7. The van der Waals surface area contributed by atoms with E-state index in [1.807, 2.05) is 0 Å². The molecule has 9 heteroatoms. The average Bonchev–Trinajstić information content (AvgIpc) is 2.34. The number of rotatable bonds is 2. The standard InChI is InChI=1S/C13H6F7NO/c14-7-1-5(13(18,19)20)2-8(15)11(7)22-12-9(16)3-6(21)4-10(12)17/h1-4H,21H2. The molecule has 2 rings (SSSR count). The number of ether oxygens (including phenoxy) is 1. The number of alkyl halides is 3. The molecule has 2 nitrogen and oxygen atoms in total. The molecule has 2 aromatic carbocycles. The summed E-state index contributed by atoms with van der Waals surface area (Å²) in [5, 5.41) is 0. The molecule has 2 N–H and O–H groups in total. The van der Waals surface area contributed by atoms with Gasteiger partial charge in [-0.3, -0.25) is 0 Å². The van der Waals surface area contributed by atoms with Crippen LogP contribution in [0.25, 0.3) is 0 Å². The van der Waals surface area contributed by atoms with Gasteiger partial charge in [-0.05, 0) is 12.1 Å². The number of hydrogen-bond donors (Lipinski definition) is 1. The van der Waals surface area contributed by atoms with Crippen molar-refractivity contribution < 1.29 is 35.5 Å². The van der Waals surface area contributed by atoms with Crippen LogP contribution in [0.5, 0.6) is 11.5 Å². The van der Waals surface area contributed by atoms with Crippen molar-refractivity contribution >= 4 is 5.69 Å². The monoisotopic (exact) mass is 325 g/mol. The van der Waals surface area contributed by atoms with Gasteiger partial charge in [0.15, 0.2) is 34.8 Å². The van der Waals surface area contributed by atoms with Gasteiger partial charge in [0.1, 0.15) is 0 Å². The summed E-state index contributed by atoms with van der Waals surface area (Å²) in [4.78, 5) is 0. The summed E-state index contributed by atoms with van der Waals surface area (Å²) in [6, 6.07) is 1.15. The third kappa shape index (κ3) is 3.07. The molecular weight excluding hydrogens is 319 g/mol. The zero-order valence-corrected chi connectivity index (χ0v) is 10.4. The van der Waals surface area contributed by atoms with Crippen molar-refractivity contribution in [2.24, 2.45) is 0 Å². The summed E-state index contributed by atoms with van der Waals surface area (Å²) in [6.07, 6.45) is -4.99. The van der Waals surface area contributed by atoms with E-state index in [2.05, 4.69) is 4.74 Å². The van der Waals surface area contributed by atoms with Gasteiger partial charge in [-0.2, -0.15) is 13.2 Å². The second kappa shape index (κ2) is 5.39. The summed E-state index contributed by atoms with van der Waals surface area (Å²) in [6.45, 7) is 0. The number of halogens is 7. The minimum Gasteiger partial charge on any atom is -0.445 e. The van der Waals surface area contributed by atoms with Crippen molar-refractivity contribution in [3.63, 3.8) is 0 Å². The maximum absolute atomic E-state index is 13.5. The first-order chi connectivity index (χ1) is 10.1. The Morgan fingerprint density at radius 3 is 1.45 bits per heavy atom. The molecule has 0 saturated heterocycles. The van der Waals surface area contributed by atoms with Crippen molar-refractivity contribution in [2.75, 3.05) is 5.73 Å². The van der Waals surface area contributed by atoms with Gasteiger partial charge in [0.2, 0.25) is 0 Å². The normalized spacial score (nSPS) is 11.6. The van der Waals surface area contributed by atoms with Crippen LogP contribution in [0.15, 0.2) is 24.3 Å². The summed E-state index contributed by atoms with van der Waals surface area (Å²) >= 11 is 0. The van der Waals surface area contributed by atoms with Gasteiger partial charge in [-0.1, -0.05) is 0 Å². The number of anilines is 1. The van der Waals surface area contributed by atoms with Crippen LogP contribution >= 0.6 is 0 Å². The van der Waals surface area contributed by atoms with E-state index < -0.39 is 46.5 Å². The molecule has 0 aliphatic carbocycles. The van der Waals surface area contributed by atoms with E-state index in [1.54, 1.807) is 0 Å². The Balaban J connectivity index is 2.48. The molecule has 0 spiro atoms. The van der Waals surface area contributed by atoms with E-state index in [0.29, 0.717) is 12.1 Å². The van der Waals surface area contributed by atoms with Gasteiger partial charge in [0.05, 0.1) is 5.56 Å². The maximum Gasteiger partial charge on any atom is 0.416 e. The first-order valence-corrected chi connectivity index (χ1v) is 5.58. The Kier molecular flexibility index (Phi) is 3.90. The first-order valence-electron chi connectivity index (χ1n) is 5.58. The van der Waals surface area contributed by atoms with Gasteiger partial charge in [0.25, 0.3) is 0 Å². The smallest absolute Gasteiger partial charge is 0.416 e. The molecule has 0 saturated carbocycles. The SMILES string of the molecule is Nc1cc(F)c(Oc2c(F)cc(C(F)(F)F)cc2F)c(F)c1. The molecular formula is C13H6F7NO. The molecule has 22 heavy (non-hydrogen) atoms. The van der Waals surface area contributed by atoms with Crippen LogP contribution in [0, 0.1) is 23.3 Å². The van der Waals surface area contributed by atoms with Crippen molar-refractivity contribution in [3.05, 3.63) is 53.1 Å². The molecule has 0 bridgehead atoms. The van der Waals surface area contributed by atoms with E-state index in [4.69, 9.17) is 5.73 Å². The van der Waals surface area contributed by atoms with Crippen LogP contribution in [-0.4, -0.2) is 0 Å². The quantitative estimate of drug-likeness (QED) is 0.645. The van der Waals surface area contributed by atoms with Gasteiger partial charge in [-0.15, -0.1) is 0 Å². The molecule has 0 unspecified atom stereocenters. The highest BCUT2D eigenvalue weighted by molar-refractivity contribution is 5.46. The summed E-state index contributed by atoms with van der Waals surface area (Å²) < 4.78 is 95.5. The maximum atomic E-state index is 13.5. The Morgan fingerprint density at radius 2 is 1.09 bits per heavy atom. The Hall–Kier alpha value is -2.45. The lowest BCUT2D eigenvalue weighted by molar-refractivity contribution is -0.138. The van der Waals surface area contributed by atoms with Crippen LogP contribution in [0.1, 0.15) is 5.56 Å². The van der Waals surface area contributed by atoms with Gasteiger partial charge in [0, 0.05) is 17.8 Å². The van der Waals surface area contributed by atoms with Gasteiger partial charge in [-0.25, -0.2) is 17.6 Å². The molecule has 0 aliphatic rings. The summed E-state index contributed by atoms with van der Waals surface area (Å²) in [7, 11) is 0. The highest BCUT2D eigenvalue weighted by atomic mass is 19.4. The van der Waals surface area contributed by atoms with Crippen LogP contribution in [0.3, 0.4) is 0 Å². The first kappa shape index (κ1) is 15.9. The van der Waals surface area contributed by atoms with Crippen molar-refractivity contribution in [1.82, 2.24) is 0 Å². The van der Waals surface area contributed by atoms with E-state index >= 15 is 0 Å². The Morgan fingerprint density at radius 1 is 0.727 bits per heavy atom. The fourth-order valence-corrected chi connectivity index (χ4v) is 1.60. The largest absolute Gasteiger partial charge is 0.445 e. The predicted molar refractivity (Wildman–Crippen MR) is 62.2 cm³/mol. The fourth-order valence-electron chi connectivity index (χ4n) is 1.60. The Bertz CT molecular complexity index is 681. The van der Waals surface area contributed by atoms with E-state index in [1.165, 1.54) is 0 Å². The fraction of sp³-hybridized carbons (Fsp3) is 0.0769. The lowest BCUT2D eigenvalue weighted by Crippen LogP contribution is -2.07. The third-order valence-corrected chi connectivity index (χ3v) is 2.55. The molecule has 0 aromatic heterocycles. The third-order valence-electron chi connectivity index (χ3n) is 2.55. The lowest BCUT2D eigenvalue weighted by atomic mass is 10.2. The Labute approximate surface area is 118 Å². The van der Waals surface area contributed by atoms with E-state index in [9.17, 15) is 30.7 Å². The molecule has 0 aliphatic heterocycles. The minimum absolute atomic E-state index is 0.0501. The molecule has 0 heterocycles. The number of hydrogen-bond acceptors (Lipinski definition) is 2. The van der Waals surface area contributed by atoms with Gasteiger partial charge >= 0.3 is 6.18 Å². The molecule has 0 radical (unpaired) electrons.